The topological polar surface area (TPSA) is 102 Å². The molecule has 2 aromatic heterocycles. The number of ether oxygens (including phenoxy) is 2. The molecule has 38 heavy (non-hydrogen) atoms. The average molecular weight is 540 g/mol. The number of anilines is 2. The highest BCUT2D eigenvalue weighted by Crippen LogP contribution is 2.31. The van der Waals surface area contributed by atoms with Crippen LogP contribution >= 0.6 is 0 Å². The van der Waals surface area contributed by atoms with Gasteiger partial charge in [-0.3, -0.25) is 0 Å². The predicted molar refractivity (Wildman–Crippen MR) is 127 cm³/mol. The number of aromatic nitrogens is 4. The van der Waals surface area contributed by atoms with Crippen molar-refractivity contribution < 1.29 is 36.2 Å². The van der Waals surface area contributed by atoms with Crippen molar-refractivity contribution in [3.8, 4) is 5.75 Å². The molecular weight excluding hydrogens is 515 g/mol. The van der Waals surface area contributed by atoms with Crippen LogP contribution in [0.25, 0.3) is 11.0 Å². The number of hydrogen-bond donors (Lipinski definition) is 1. The molecule has 1 N–H and O–H groups in total. The lowest BCUT2D eigenvalue weighted by molar-refractivity contribution is -0.201. The van der Waals surface area contributed by atoms with Gasteiger partial charge in [-0.05, 0) is 32.9 Å². The molecule has 0 spiro atoms. The van der Waals surface area contributed by atoms with Crippen LogP contribution in [-0.4, -0.2) is 57.5 Å². The fourth-order valence-electron chi connectivity index (χ4n) is 3.95. The molecule has 1 aliphatic heterocycles. The first-order valence-electron chi connectivity index (χ1n) is 11.8. The average Bonchev–Trinajstić information content (AvgIpc) is 2.85. The lowest BCUT2D eigenvalue weighted by Gasteiger charge is -2.34. The summed E-state index contributed by atoms with van der Waals surface area (Å²) in [5.41, 5.74) is 0.779. The van der Waals surface area contributed by atoms with Crippen LogP contribution in [-0.2, 0) is 16.1 Å². The number of carbonyl (C=O) groups excluding carboxylic acids is 1. The van der Waals surface area contributed by atoms with Crippen molar-refractivity contribution in [1.82, 2.24) is 20.2 Å². The minimum absolute atomic E-state index is 0.0230. The van der Waals surface area contributed by atoms with Crippen molar-refractivity contribution in [3.63, 3.8) is 0 Å². The highest BCUT2D eigenvalue weighted by Gasteiger charge is 2.41. The number of carbonyl (C=O) groups is 1. The van der Waals surface area contributed by atoms with E-state index in [1.807, 2.05) is 18.7 Å². The maximum atomic E-state index is 14.0. The van der Waals surface area contributed by atoms with Crippen molar-refractivity contribution >= 4 is 28.6 Å². The van der Waals surface area contributed by atoms with Crippen LogP contribution in [0.3, 0.4) is 0 Å². The normalized spacial score (nSPS) is 14.7. The van der Waals surface area contributed by atoms with Crippen LogP contribution in [0.15, 0.2) is 18.2 Å². The second kappa shape index (κ2) is 10.9. The van der Waals surface area contributed by atoms with Gasteiger partial charge in [-0.2, -0.15) is 18.3 Å². The largest absolute Gasteiger partial charge is 0.490 e. The lowest BCUT2D eigenvalue weighted by Crippen LogP contribution is -2.39. The maximum Gasteiger partial charge on any atom is 0.490 e. The highest BCUT2D eigenvalue weighted by atomic mass is 19.4. The molecule has 0 bridgehead atoms. The zero-order valence-corrected chi connectivity index (χ0v) is 20.8. The Morgan fingerprint density at radius 3 is 2.47 bits per heavy atom. The number of hydrogen-bond acceptors (Lipinski definition) is 9. The van der Waals surface area contributed by atoms with E-state index in [1.54, 1.807) is 6.92 Å². The number of esters is 1. The van der Waals surface area contributed by atoms with Crippen molar-refractivity contribution in [2.24, 2.45) is 0 Å². The smallest absolute Gasteiger partial charge is 0.487 e. The molecule has 0 atom stereocenters. The number of piperidine rings is 1. The van der Waals surface area contributed by atoms with Crippen molar-refractivity contribution in [2.45, 2.75) is 58.5 Å². The van der Waals surface area contributed by atoms with Crippen LogP contribution in [0.1, 0.15) is 38.1 Å². The number of nitrogens with zero attached hydrogens (tertiary/aromatic N) is 5. The third-order valence-electron chi connectivity index (χ3n) is 5.74. The Kier molecular flexibility index (Phi) is 7.78. The second-order valence-corrected chi connectivity index (χ2v) is 9.08. The summed E-state index contributed by atoms with van der Waals surface area (Å²) in [6, 6.07) is 3.10. The number of benzene rings is 1. The number of nitrogens with one attached hydrogen (secondary N) is 1. The summed E-state index contributed by atoms with van der Waals surface area (Å²) in [7, 11) is 0. The van der Waals surface area contributed by atoms with Crippen molar-refractivity contribution in [2.75, 3.05) is 23.3 Å². The Bertz CT molecular complexity index is 1330. The summed E-state index contributed by atoms with van der Waals surface area (Å²) in [6.07, 6.45) is -4.50. The van der Waals surface area contributed by atoms with E-state index in [4.69, 9.17) is 4.74 Å². The molecule has 0 radical (unpaired) electrons. The van der Waals surface area contributed by atoms with Crippen LogP contribution in [0.4, 0.5) is 33.6 Å². The molecule has 0 unspecified atom stereocenters. The van der Waals surface area contributed by atoms with E-state index < -0.39 is 30.4 Å². The molecule has 9 nitrogen and oxygen atoms in total. The van der Waals surface area contributed by atoms with Crippen LogP contribution in [0.5, 0.6) is 5.75 Å². The first-order valence-corrected chi connectivity index (χ1v) is 11.8. The zero-order chi connectivity index (χ0) is 27.6. The van der Waals surface area contributed by atoms with Gasteiger partial charge in [0.05, 0.1) is 5.69 Å². The van der Waals surface area contributed by atoms with Crippen LogP contribution < -0.4 is 15.0 Å². The minimum atomic E-state index is -5.15. The van der Waals surface area contributed by atoms with Gasteiger partial charge < -0.3 is 19.7 Å². The summed E-state index contributed by atoms with van der Waals surface area (Å²) in [6.45, 7) is 5.55. The van der Waals surface area contributed by atoms with Gasteiger partial charge in [0.1, 0.15) is 35.3 Å². The fraction of sp³-hybridized carbons (Fsp3) is 0.458. The standard InChI is InChI=1S/C24H25F5N6O3/c1-12(2)30-21-22(35-8-6-15(7-9-35)38-18-5-4-14(25)10-16(18)26)32-20-17(11-37-23(36)24(27,28)29)34-33-13(3)19(20)31-21/h4-5,10,12,15H,6-9,11H2,1-3H3,(H,30,31). The Morgan fingerprint density at radius 2 is 1.84 bits per heavy atom. The predicted octanol–water partition coefficient (Wildman–Crippen LogP) is 4.48. The number of aryl methyl sites for hydroxylation is 1. The summed E-state index contributed by atoms with van der Waals surface area (Å²) in [5.74, 6) is -3.01. The maximum absolute atomic E-state index is 14.0. The molecule has 1 aromatic carbocycles. The van der Waals surface area contributed by atoms with E-state index in [2.05, 4.69) is 30.2 Å². The summed E-state index contributed by atoms with van der Waals surface area (Å²) in [4.78, 5) is 22.4. The molecule has 1 fully saturated rings. The first-order chi connectivity index (χ1) is 17.9. The number of alkyl halides is 3. The molecule has 4 rings (SSSR count). The van der Waals surface area contributed by atoms with Gasteiger partial charge in [-0.25, -0.2) is 23.5 Å². The number of fused-ring (bicyclic) bond motifs is 1. The highest BCUT2D eigenvalue weighted by molar-refractivity contribution is 5.84. The van der Waals surface area contributed by atoms with Gasteiger partial charge >= 0.3 is 12.1 Å². The molecule has 0 amide bonds. The summed E-state index contributed by atoms with van der Waals surface area (Å²) >= 11 is 0. The monoisotopic (exact) mass is 540 g/mol. The Labute approximate surface area is 214 Å². The molecule has 1 aliphatic rings. The summed E-state index contributed by atoms with van der Waals surface area (Å²) < 4.78 is 75.2. The summed E-state index contributed by atoms with van der Waals surface area (Å²) in [5, 5.41) is 11.1. The molecular formula is C24H25F5N6O3. The van der Waals surface area contributed by atoms with Crippen molar-refractivity contribution in [1.29, 1.82) is 0 Å². The molecule has 3 aromatic rings. The van der Waals surface area contributed by atoms with E-state index in [-0.39, 0.29) is 29.1 Å². The number of rotatable bonds is 7. The molecule has 0 saturated carbocycles. The molecule has 3 heterocycles. The molecule has 204 valence electrons. The quantitative estimate of drug-likeness (QED) is 0.343. The van der Waals surface area contributed by atoms with E-state index in [0.29, 0.717) is 48.8 Å². The van der Waals surface area contributed by atoms with Gasteiger partial charge in [0.25, 0.3) is 0 Å². The Hall–Kier alpha value is -3.84. The Balaban J connectivity index is 1.60. The molecule has 1 saturated heterocycles. The van der Waals surface area contributed by atoms with E-state index in [9.17, 15) is 26.7 Å². The van der Waals surface area contributed by atoms with Gasteiger partial charge in [-0.1, -0.05) is 0 Å². The fourth-order valence-corrected chi connectivity index (χ4v) is 3.95. The van der Waals surface area contributed by atoms with E-state index in [0.717, 1.165) is 12.1 Å². The second-order valence-electron chi connectivity index (χ2n) is 9.08. The SMILES string of the molecule is Cc1nnc(COC(=O)C(F)(F)F)c2nc(N3CCC(Oc4ccc(F)cc4F)CC3)c(NC(C)C)nc12. The van der Waals surface area contributed by atoms with E-state index in [1.165, 1.54) is 6.07 Å². The molecule has 14 heteroatoms. The van der Waals surface area contributed by atoms with Gasteiger partial charge in [0, 0.05) is 38.0 Å². The van der Waals surface area contributed by atoms with Gasteiger partial charge in [0.2, 0.25) is 0 Å². The van der Waals surface area contributed by atoms with Crippen LogP contribution in [0, 0.1) is 18.6 Å². The van der Waals surface area contributed by atoms with E-state index >= 15 is 0 Å². The lowest BCUT2D eigenvalue weighted by atomic mass is 10.1. The zero-order valence-electron chi connectivity index (χ0n) is 20.8. The molecule has 0 aliphatic carbocycles. The van der Waals surface area contributed by atoms with Crippen molar-refractivity contribution in [3.05, 3.63) is 41.2 Å². The van der Waals surface area contributed by atoms with Gasteiger partial charge in [0.15, 0.2) is 23.2 Å². The minimum Gasteiger partial charge on any atom is -0.487 e. The van der Waals surface area contributed by atoms with Gasteiger partial charge in [-0.15, -0.1) is 5.10 Å². The first kappa shape index (κ1) is 27.2. The van der Waals surface area contributed by atoms with Crippen LogP contribution in [0.2, 0.25) is 0 Å². The third-order valence-corrected chi connectivity index (χ3v) is 5.74. The Morgan fingerprint density at radius 1 is 1.13 bits per heavy atom. The third kappa shape index (κ3) is 6.17. The number of halogens is 5.